The Balaban J connectivity index is 1.57. The van der Waals surface area contributed by atoms with Crippen molar-refractivity contribution in [3.8, 4) is 23.0 Å². The summed E-state index contributed by atoms with van der Waals surface area (Å²) in [4.78, 5) is 12.2. The molecule has 25 heavy (non-hydrogen) atoms. The quantitative estimate of drug-likeness (QED) is 0.873. The summed E-state index contributed by atoms with van der Waals surface area (Å²) in [5.74, 6) is 2.35. The molecule has 1 unspecified atom stereocenters. The summed E-state index contributed by atoms with van der Waals surface area (Å²) in [5, 5.41) is 2.91. The number of hydrogen-bond acceptors (Lipinski definition) is 5. The van der Waals surface area contributed by atoms with Gasteiger partial charge in [-0.3, -0.25) is 4.79 Å². The normalized spacial score (nSPS) is 13.2. The van der Waals surface area contributed by atoms with Crippen molar-refractivity contribution in [2.45, 2.75) is 19.9 Å². The van der Waals surface area contributed by atoms with Gasteiger partial charge in [-0.2, -0.15) is 0 Å². The number of fused-ring (bicyclic) bond motifs is 1. The molecule has 0 saturated heterocycles. The summed E-state index contributed by atoms with van der Waals surface area (Å²) in [7, 11) is 1.57. The lowest BCUT2D eigenvalue weighted by atomic mass is 10.1. The second kappa shape index (κ2) is 7.34. The third kappa shape index (κ3) is 3.96. The van der Waals surface area contributed by atoms with Gasteiger partial charge >= 0.3 is 0 Å². The summed E-state index contributed by atoms with van der Waals surface area (Å²) < 4.78 is 21.5. The van der Waals surface area contributed by atoms with Crippen molar-refractivity contribution in [3.05, 3.63) is 47.5 Å². The first kappa shape index (κ1) is 17.0. The second-order valence-corrected chi connectivity index (χ2v) is 5.84. The summed E-state index contributed by atoms with van der Waals surface area (Å²) in [6.45, 7) is 4.01. The van der Waals surface area contributed by atoms with Gasteiger partial charge in [-0.1, -0.05) is 12.1 Å². The van der Waals surface area contributed by atoms with Gasteiger partial charge in [0.25, 0.3) is 5.91 Å². The Bertz CT molecular complexity index is 774. The van der Waals surface area contributed by atoms with E-state index in [1.54, 1.807) is 13.2 Å². The average Bonchev–Trinajstić information content (AvgIpc) is 3.08. The lowest BCUT2D eigenvalue weighted by Gasteiger charge is -2.16. The van der Waals surface area contributed by atoms with Crippen molar-refractivity contribution < 1.29 is 23.7 Å². The van der Waals surface area contributed by atoms with E-state index in [0.29, 0.717) is 17.2 Å². The lowest BCUT2D eigenvalue weighted by Crippen LogP contribution is -2.31. The minimum Gasteiger partial charge on any atom is -0.493 e. The van der Waals surface area contributed by atoms with Crippen LogP contribution in [0.25, 0.3) is 0 Å². The fourth-order valence-electron chi connectivity index (χ4n) is 2.59. The van der Waals surface area contributed by atoms with Crippen LogP contribution in [0.1, 0.15) is 24.1 Å². The topological polar surface area (TPSA) is 66.0 Å². The van der Waals surface area contributed by atoms with Crippen LogP contribution in [0.15, 0.2) is 36.4 Å². The Kier molecular flexibility index (Phi) is 4.97. The van der Waals surface area contributed by atoms with Gasteiger partial charge in [-0.05, 0) is 49.2 Å². The Hall–Kier alpha value is -2.89. The molecule has 3 rings (SSSR count). The molecule has 1 heterocycles. The van der Waals surface area contributed by atoms with E-state index in [4.69, 9.17) is 18.9 Å². The first-order chi connectivity index (χ1) is 12.1. The first-order valence-corrected chi connectivity index (χ1v) is 8.03. The third-order valence-electron chi connectivity index (χ3n) is 3.95. The Morgan fingerprint density at radius 2 is 1.96 bits per heavy atom. The molecule has 0 bridgehead atoms. The summed E-state index contributed by atoms with van der Waals surface area (Å²) >= 11 is 0. The minimum absolute atomic E-state index is 0.0890. The van der Waals surface area contributed by atoms with Crippen LogP contribution in [0.5, 0.6) is 23.0 Å². The SMILES string of the molecule is COc1cc(C)ccc1OCC(=O)NC(C)c1ccc2c(c1)OCO2. The maximum Gasteiger partial charge on any atom is 0.258 e. The zero-order chi connectivity index (χ0) is 17.8. The zero-order valence-corrected chi connectivity index (χ0v) is 14.5. The van der Waals surface area contributed by atoms with Crippen LogP contribution in [0.3, 0.4) is 0 Å². The zero-order valence-electron chi connectivity index (χ0n) is 14.5. The molecule has 0 radical (unpaired) electrons. The molecule has 1 aliphatic rings. The van der Waals surface area contributed by atoms with E-state index in [2.05, 4.69) is 5.32 Å². The predicted molar refractivity (Wildman–Crippen MR) is 92.3 cm³/mol. The average molecular weight is 343 g/mol. The number of ether oxygens (including phenoxy) is 4. The van der Waals surface area contributed by atoms with Gasteiger partial charge in [0.05, 0.1) is 13.2 Å². The van der Waals surface area contributed by atoms with Crippen LogP contribution >= 0.6 is 0 Å². The molecule has 0 aromatic heterocycles. The summed E-state index contributed by atoms with van der Waals surface area (Å²) in [6, 6.07) is 11.0. The highest BCUT2D eigenvalue weighted by atomic mass is 16.7. The number of amides is 1. The maximum atomic E-state index is 12.2. The highest BCUT2D eigenvalue weighted by Crippen LogP contribution is 2.34. The lowest BCUT2D eigenvalue weighted by molar-refractivity contribution is -0.123. The van der Waals surface area contributed by atoms with Crippen LogP contribution in [-0.4, -0.2) is 26.4 Å². The highest BCUT2D eigenvalue weighted by molar-refractivity contribution is 5.78. The van der Waals surface area contributed by atoms with E-state index in [1.807, 2.05) is 44.2 Å². The number of aryl methyl sites for hydroxylation is 1. The van der Waals surface area contributed by atoms with Crippen molar-refractivity contribution in [3.63, 3.8) is 0 Å². The van der Waals surface area contributed by atoms with Crippen LogP contribution in [0.4, 0.5) is 0 Å². The van der Waals surface area contributed by atoms with Gasteiger partial charge in [-0.15, -0.1) is 0 Å². The maximum absolute atomic E-state index is 12.2. The molecular weight excluding hydrogens is 322 g/mol. The van der Waals surface area contributed by atoms with Crippen LogP contribution in [0.2, 0.25) is 0 Å². The standard InChI is InChI=1S/C19H21NO5/c1-12-4-6-15(17(8-12)22-3)23-10-19(21)20-13(2)14-5-7-16-18(9-14)25-11-24-16/h4-9,13H,10-11H2,1-3H3,(H,20,21). The minimum atomic E-state index is -0.215. The van der Waals surface area contributed by atoms with Crippen molar-refractivity contribution in [1.29, 1.82) is 0 Å². The predicted octanol–water partition coefficient (Wildman–Crippen LogP) is 2.99. The molecule has 2 aromatic rings. The Morgan fingerprint density at radius 1 is 1.16 bits per heavy atom. The fourth-order valence-corrected chi connectivity index (χ4v) is 2.59. The smallest absolute Gasteiger partial charge is 0.258 e. The van der Waals surface area contributed by atoms with Gasteiger partial charge < -0.3 is 24.3 Å². The number of carbonyl (C=O) groups is 1. The number of carbonyl (C=O) groups excluding carboxylic acids is 1. The largest absolute Gasteiger partial charge is 0.493 e. The van der Waals surface area contributed by atoms with E-state index in [9.17, 15) is 4.79 Å². The van der Waals surface area contributed by atoms with Crippen LogP contribution < -0.4 is 24.3 Å². The van der Waals surface area contributed by atoms with E-state index in [0.717, 1.165) is 16.9 Å². The van der Waals surface area contributed by atoms with Crippen LogP contribution in [0, 0.1) is 6.92 Å². The molecule has 132 valence electrons. The van der Waals surface area contributed by atoms with Gasteiger partial charge in [-0.25, -0.2) is 0 Å². The van der Waals surface area contributed by atoms with E-state index in [1.165, 1.54) is 0 Å². The van der Waals surface area contributed by atoms with E-state index >= 15 is 0 Å². The number of benzene rings is 2. The Labute approximate surface area is 146 Å². The molecule has 0 fully saturated rings. The fraction of sp³-hybridized carbons (Fsp3) is 0.316. The van der Waals surface area contributed by atoms with Crippen LogP contribution in [-0.2, 0) is 4.79 Å². The van der Waals surface area contributed by atoms with Crippen molar-refractivity contribution in [2.75, 3.05) is 20.5 Å². The second-order valence-electron chi connectivity index (χ2n) is 5.84. The molecule has 6 nitrogen and oxygen atoms in total. The number of rotatable bonds is 6. The van der Waals surface area contributed by atoms with Crippen molar-refractivity contribution >= 4 is 5.91 Å². The van der Waals surface area contributed by atoms with E-state index < -0.39 is 0 Å². The Morgan fingerprint density at radius 3 is 2.76 bits per heavy atom. The molecule has 1 aliphatic heterocycles. The molecule has 0 spiro atoms. The van der Waals surface area contributed by atoms with E-state index in [-0.39, 0.29) is 25.3 Å². The third-order valence-corrected chi connectivity index (χ3v) is 3.95. The molecule has 6 heteroatoms. The number of methoxy groups -OCH3 is 1. The highest BCUT2D eigenvalue weighted by Gasteiger charge is 2.17. The van der Waals surface area contributed by atoms with Gasteiger partial charge in [0.15, 0.2) is 29.6 Å². The summed E-state index contributed by atoms with van der Waals surface area (Å²) in [5.41, 5.74) is 2.00. The van der Waals surface area contributed by atoms with Gasteiger partial charge in [0.2, 0.25) is 6.79 Å². The molecule has 0 saturated carbocycles. The van der Waals surface area contributed by atoms with Gasteiger partial charge in [0.1, 0.15) is 0 Å². The molecule has 1 amide bonds. The molecule has 2 aromatic carbocycles. The monoisotopic (exact) mass is 343 g/mol. The summed E-state index contributed by atoms with van der Waals surface area (Å²) in [6.07, 6.45) is 0. The molecule has 0 aliphatic carbocycles. The number of nitrogens with one attached hydrogen (secondary N) is 1. The molecule has 1 N–H and O–H groups in total. The van der Waals surface area contributed by atoms with Gasteiger partial charge in [0, 0.05) is 0 Å². The van der Waals surface area contributed by atoms with Crippen molar-refractivity contribution in [2.24, 2.45) is 0 Å². The molecular formula is C19H21NO5. The first-order valence-electron chi connectivity index (χ1n) is 8.03. The number of hydrogen-bond donors (Lipinski definition) is 1. The van der Waals surface area contributed by atoms with Crippen molar-refractivity contribution in [1.82, 2.24) is 5.32 Å². The molecule has 1 atom stereocenters.